The fourth-order valence-corrected chi connectivity index (χ4v) is 0.557. The summed E-state index contributed by atoms with van der Waals surface area (Å²) in [6.45, 7) is 0.620. The lowest BCUT2D eigenvalue weighted by Crippen LogP contribution is -1.94. The molecular weight excluding hydrogens is 122 g/mol. The number of rotatable bonds is 1. The maximum atomic E-state index is 5.34. The van der Waals surface area contributed by atoms with Crippen molar-refractivity contribution >= 4 is 23.1 Å². The summed E-state index contributed by atoms with van der Waals surface area (Å²) in [7, 11) is 0. The Morgan fingerprint density at radius 1 is 1.33 bits per heavy atom. The van der Waals surface area contributed by atoms with E-state index in [0.717, 1.165) is 5.56 Å². The second-order valence-electron chi connectivity index (χ2n) is 1.61. The average Bonchev–Trinajstić information content (AvgIpc) is 1.90. The molecule has 0 saturated heterocycles. The van der Waals surface area contributed by atoms with Crippen molar-refractivity contribution in [3.05, 3.63) is 35.9 Å². The summed E-state index contributed by atoms with van der Waals surface area (Å²) in [5, 5.41) is 0. The van der Waals surface area contributed by atoms with Crippen molar-refractivity contribution in [3.63, 3.8) is 0 Å². The molecule has 0 heterocycles. The van der Waals surface area contributed by atoms with E-state index in [9.17, 15) is 0 Å². The molecule has 1 aromatic rings. The number of nitrogens with two attached hydrogens (primary N) is 1. The monoisotopic (exact) mass is 132 g/mol. The summed E-state index contributed by atoms with van der Waals surface area (Å²) in [5.74, 6) is 0. The lowest BCUT2D eigenvalue weighted by molar-refractivity contribution is 1.07. The molecule has 0 aliphatic carbocycles. The second-order valence-corrected chi connectivity index (χ2v) is 1.61. The van der Waals surface area contributed by atoms with Crippen LogP contribution in [-0.4, -0.2) is 23.1 Å². The van der Waals surface area contributed by atoms with Gasteiger partial charge in [0.2, 0.25) is 0 Å². The van der Waals surface area contributed by atoms with Gasteiger partial charge >= 0.3 is 23.1 Å². The fourth-order valence-electron chi connectivity index (χ4n) is 0.557. The molecule has 0 saturated carbocycles. The van der Waals surface area contributed by atoms with Gasteiger partial charge in [-0.1, -0.05) is 24.3 Å². The Bertz CT molecular complexity index is 150. The molecule has 0 aromatic heterocycles. The molecule has 0 spiro atoms. The quantitative estimate of drug-likeness (QED) is 0.536. The van der Waals surface area contributed by atoms with Crippen LogP contribution in [0.3, 0.4) is 0 Å². The van der Waals surface area contributed by atoms with E-state index in [2.05, 4.69) is 6.07 Å². The first-order chi connectivity index (χ1) is 3.93. The molecule has 1 aromatic carbocycles. The van der Waals surface area contributed by atoms with Crippen molar-refractivity contribution in [2.45, 2.75) is 6.54 Å². The van der Waals surface area contributed by atoms with Crippen LogP contribution in [0, 0.1) is 6.07 Å². The second kappa shape index (κ2) is 4.79. The van der Waals surface area contributed by atoms with Gasteiger partial charge in [0, 0.05) is 6.54 Å². The van der Waals surface area contributed by atoms with E-state index < -0.39 is 0 Å². The third-order valence-electron chi connectivity index (χ3n) is 1.02. The van der Waals surface area contributed by atoms with Crippen molar-refractivity contribution in [1.82, 2.24) is 0 Å². The highest BCUT2D eigenvalue weighted by Crippen LogP contribution is 1.93. The van der Waals surface area contributed by atoms with Gasteiger partial charge in [0.15, 0.2) is 0 Å². The highest BCUT2D eigenvalue weighted by molar-refractivity contribution is 5.75. The zero-order valence-corrected chi connectivity index (χ0v) is 4.59. The van der Waals surface area contributed by atoms with Crippen molar-refractivity contribution in [3.8, 4) is 0 Å². The normalized spacial score (nSPS) is 8.11. The summed E-state index contributed by atoms with van der Waals surface area (Å²) in [6, 6.07) is 10.6. The lowest BCUT2D eigenvalue weighted by atomic mass is 10.2. The van der Waals surface area contributed by atoms with Crippen molar-refractivity contribution < 1.29 is 0 Å². The molecule has 0 aliphatic heterocycles. The van der Waals surface area contributed by atoms with Crippen LogP contribution in [0.4, 0.5) is 0 Å². The number of hydrogen-bond donors (Lipinski definition) is 1. The van der Waals surface area contributed by atoms with E-state index in [1.165, 1.54) is 0 Å². The molecule has 0 bridgehead atoms. The molecule has 45 valence electrons. The van der Waals surface area contributed by atoms with Crippen molar-refractivity contribution in [2.75, 3.05) is 0 Å². The molecule has 1 nitrogen and oxygen atoms in total. The van der Waals surface area contributed by atoms with Gasteiger partial charge < -0.3 is 5.73 Å². The Balaban J connectivity index is 0.000000640. The largest absolute Gasteiger partial charge is 0.326 e. The molecule has 0 amide bonds. The minimum absolute atomic E-state index is 0. The summed E-state index contributed by atoms with van der Waals surface area (Å²) in [6.07, 6.45) is 0. The van der Waals surface area contributed by atoms with Crippen LogP contribution in [0.5, 0.6) is 0 Å². The van der Waals surface area contributed by atoms with E-state index in [-0.39, 0.29) is 23.1 Å². The van der Waals surface area contributed by atoms with Crippen molar-refractivity contribution in [2.24, 2.45) is 5.73 Å². The Morgan fingerprint density at radius 3 is 2.22 bits per heavy atom. The standard InChI is InChI=1S/C7H8N.Mg.2H/c8-6-7-4-2-1-3-5-7;;;/h2-5H,6,8H2;;;. The molecule has 2 heteroatoms. The van der Waals surface area contributed by atoms with Crippen LogP contribution in [0.15, 0.2) is 24.3 Å². The molecule has 0 aliphatic rings. The van der Waals surface area contributed by atoms with Crippen molar-refractivity contribution in [1.29, 1.82) is 0 Å². The zero-order chi connectivity index (χ0) is 5.82. The highest BCUT2D eigenvalue weighted by Gasteiger charge is 1.80. The van der Waals surface area contributed by atoms with Gasteiger partial charge in [-0.15, -0.1) is 0 Å². The molecule has 0 atom stereocenters. The summed E-state index contributed by atoms with van der Waals surface area (Å²) in [4.78, 5) is 0. The molecule has 1 radical (unpaired) electrons. The van der Waals surface area contributed by atoms with Gasteiger partial charge in [-0.25, -0.2) is 0 Å². The number of hydrogen-bond acceptors (Lipinski definition) is 1. The van der Waals surface area contributed by atoms with Crippen LogP contribution in [0.2, 0.25) is 0 Å². The van der Waals surface area contributed by atoms with Crippen LogP contribution < -0.4 is 5.73 Å². The molecule has 9 heavy (non-hydrogen) atoms. The van der Waals surface area contributed by atoms with E-state index in [4.69, 9.17) is 5.73 Å². The van der Waals surface area contributed by atoms with E-state index >= 15 is 0 Å². The van der Waals surface area contributed by atoms with E-state index in [1.807, 2.05) is 24.3 Å². The summed E-state index contributed by atoms with van der Waals surface area (Å²) < 4.78 is 0. The maximum absolute atomic E-state index is 5.34. The Kier molecular flexibility index (Phi) is 4.76. The first-order valence-electron chi connectivity index (χ1n) is 2.58. The number of benzene rings is 1. The summed E-state index contributed by atoms with van der Waals surface area (Å²) in [5.41, 5.74) is 6.49. The third-order valence-corrected chi connectivity index (χ3v) is 1.02. The molecule has 0 unspecified atom stereocenters. The third kappa shape index (κ3) is 2.84. The topological polar surface area (TPSA) is 26.0 Å². The van der Waals surface area contributed by atoms with E-state index in [0.29, 0.717) is 6.54 Å². The minimum Gasteiger partial charge on any atom is -0.326 e. The Hall–Kier alpha value is -0.0538. The Morgan fingerprint density at radius 2 is 1.89 bits per heavy atom. The predicted molar refractivity (Wildman–Crippen MR) is 41.7 cm³/mol. The van der Waals surface area contributed by atoms with Gasteiger partial charge in [0.05, 0.1) is 0 Å². The smallest absolute Gasteiger partial charge is 0.316 e. The lowest BCUT2D eigenvalue weighted by Gasteiger charge is -1.89. The maximum Gasteiger partial charge on any atom is 0.316 e. The van der Waals surface area contributed by atoms with Gasteiger partial charge in [-0.3, -0.25) is 0 Å². The molecule has 2 N–H and O–H groups in total. The Labute approximate surface area is 71.4 Å². The van der Waals surface area contributed by atoms with Gasteiger partial charge in [0.1, 0.15) is 0 Å². The van der Waals surface area contributed by atoms with E-state index in [1.54, 1.807) is 0 Å². The van der Waals surface area contributed by atoms with Crippen LogP contribution in [0.1, 0.15) is 5.56 Å². The van der Waals surface area contributed by atoms with Crippen LogP contribution >= 0.6 is 0 Å². The van der Waals surface area contributed by atoms with Gasteiger partial charge in [0.25, 0.3) is 0 Å². The average molecular weight is 132 g/mol. The van der Waals surface area contributed by atoms with Gasteiger partial charge in [-0.2, -0.15) is 0 Å². The van der Waals surface area contributed by atoms with Gasteiger partial charge in [-0.05, 0) is 11.6 Å². The zero-order valence-electron chi connectivity index (χ0n) is 4.59. The van der Waals surface area contributed by atoms with Crippen LogP contribution in [0.25, 0.3) is 0 Å². The predicted octanol–water partition coefficient (Wildman–Crippen LogP) is 0.0293. The molecule has 1 rings (SSSR count). The summed E-state index contributed by atoms with van der Waals surface area (Å²) >= 11 is 0. The molecular formula is C7H10MgN. The minimum atomic E-state index is 0. The van der Waals surface area contributed by atoms with Crippen LogP contribution in [-0.2, 0) is 6.54 Å². The SMILES string of the molecule is NCc1cc[c]cc1.[MgH2]. The first kappa shape index (κ1) is 8.95. The fraction of sp³-hybridized carbons (Fsp3) is 0.143. The highest BCUT2D eigenvalue weighted by atomic mass is 24.3. The molecule has 0 fully saturated rings. The first-order valence-corrected chi connectivity index (χ1v) is 2.58.